The van der Waals surface area contributed by atoms with E-state index in [0.29, 0.717) is 12.1 Å². The number of halogens is 1. The Morgan fingerprint density at radius 3 is 2.75 bits per heavy atom. The summed E-state index contributed by atoms with van der Waals surface area (Å²) in [7, 11) is 0. The molecule has 4 heteroatoms. The van der Waals surface area contributed by atoms with E-state index in [1.54, 1.807) is 0 Å². The fourth-order valence-electron chi connectivity index (χ4n) is 3.61. The van der Waals surface area contributed by atoms with Gasteiger partial charge in [0.1, 0.15) is 0 Å². The van der Waals surface area contributed by atoms with E-state index in [2.05, 4.69) is 57.4 Å². The first kappa shape index (κ1) is 15.5. The van der Waals surface area contributed by atoms with Crippen LogP contribution in [0.4, 0.5) is 0 Å². The van der Waals surface area contributed by atoms with Gasteiger partial charge in [-0.25, -0.2) is 0 Å². The molecular formula is C20H19BrN2O. The van der Waals surface area contributed by atoms with Gasteiger partial charge < -0.3 is 10.3 Å². The van der Waals surface area contributed by atoms with Crippen LogP contribution in [0.1, 0.15) is 34.5 Å². The number of rotatable bonds is 4. The number of carbonyl (C=O) groups is 1. The number of aryl methyl sites for hydroxylation is 1. The van der Waals surface area contributed by atoms with Crippen molar-refractivity contribution in [1.82, 2.24) is 10.3 Å². The van der Waals surface area contributed by atoms with E-state index in [1.807, 2.05) is 24.3 Å². The second-order valence-electron chi connectivity index (χ2n) is 6.64. The molecule has 1 aliphatic carbocycles. The first-order chi connectivity index (χ1) is 11.6. The second kappa shape index (κ2) is 5.78. The summed E-state index contributed by atoms with van der Waals surface area (Å²) in [5, 5.41) is 4.42. The van der Waals surface area contributed by atoms with Crippen LogP contribution < -0.4 is 5.32 Å². The minimum absolute atomic E-state index is 0.0138. The first-order valence-corrected chi connectivity index (χ1v) is 9.00. The number of aromatic nitrogens is 1. The summed E-state index contributed by atoms with van der Waals surface area (Å²) in [6.45, 7) is 2.81. The molecule has 4 rings (SSSR count). The van der Waals surface area contributed by atoms with Crippen molar-refractivity contribution in [3.05, 3.63) is 69.8 Å². The van der Waals surface area contributed by atoms with Gasteiger partial charge in [-0.3, -0.25) is 4.79 Å². The van der Waals surface area contributed by atoms with Gasteiger partial charge in [0.2, 0.25) is 0 Å². The van der Waals surface area contributed by atoms with Crippen LogP contribution >= 0.6 is 15.9 Å². The number of para-hydroxylation sites is 1. The van der Waals surface area contributed by atoms with Gasteiger partial charge >= 0.3 is 0 Å². The van der Waals surface area contributed by atoms with Crippen LogP contribution in [0, 0.1) is 6.92 Å². The lowest BCUT2D eigenvalue weighted by Gasteiger charge is -2.17. The molecule has 122 valence electrons. The Morgan fingerprint density at radius 1 is 1.21 bits per heavy atom. The number of carbonyl (C=O) groups excluding carboxylic acids is 1. The van der Waals surface area contributed by atoms with Crippen molar-refractivity contribution in [3.8, 4) is 0 Å². The monoisotopic (exact) mass is 382 g/mol. The molecule has 0 spiro atoms. The van der Waals surface area contributed by atoms with Gasteiger partial charge in [0, 0.05) is 38.6 Å². The molecule has 3 aromatic rings. The van der Waals surface area contributed by atoms with Crippen molar-refractivity contribution in [2.24, 2.45) is 0 Å². The van der Waals surface area contributed by atoms with Crippen molar-refractivity contribution >= 4 is 32.7 Å². The Balaban J connectivity index is 1.58. The molecule has 3 nitrogen and oxygen atoms in total. The van der Waals surface area contributed by atoms with Crippen LogP contribution in [0.2, 0.25) is 0 Å². The third kappa shape index (κ3) is 2.65. The molecule has 0 bridgehead atoms. The maximum absolute atomic E-state index is 12.4. The lowest BCUT2D eigenvalue weighted by atomic mass is 9.93. The fourth-order valence-corrected chi connectivity index (χ4v) is 4.01. The zero-order valence-corrected chi connectivity index (χ0v) is 15.1. The van der Waals surface area contributed by atoms with Crippen LogP contribution in [0.3, 0.4) is 0 Å². The molecule has 1 saturated carbocycles. The summed E-state index contributed by atoms with van der Waals surface area (Å²) in [6, 6.07) is 15.9. The zero-order chi connectivity index (χ0) is 16.7. The Labute approximate surface area is 149 Å². The molecule has 1 aromatic heterocycles. The van der Waals surface area contributed by atoms with E-state index in [-0.39, 0.29) is 11.3 Å². The van der Waals surface area contributed by atoms with E-state index in [4.69, 9.17) is 0 Å². The maximum Gasteiger partial charge on any atom is 0.251 e. The molecule has 1 fully saturated rings. The van der Waals surface area contributed by atoms with E-state index in [0.717, 1.165) is 17.3 Å². The average molecular weight is 383 g/mol. The molecule has 0 radical (unpaired) electrons. The summed E-state index contributed by atoms with van der Waals surface area (Å²) in [5.74, 6) is -0.0138. The maximum atomic E-state index is 12.4. The van der Waals surface area contributed by atoms with Gasteiger partial charge in [-0.1, -0.05) is 40.2 Å². The minimum atomic E-state index is -0.0138. The van der Waals surface area contributed by atoms with Gasteiger partial charge in [-0.15, -0.1) is 0 Å². The highest BCUT2D eigenvalue weighted by Crippen LogP contribution is 2.51. The third-order valence-corrected chi connectivity index (χ3v) is 5.44. The van der Waals surface area contributed by atoms with E-state index >= 15 is 0 Å². The number of aromatic amines is 1. The van der Waals surface area contributed by atoms with Crippen LogP contribution in [0.5, 0.6) is 0 Å². The molecule has 1 amide bonds. The lowest BCUT2D eigenvalue weighted by Crippen LogP contribution is -2.32. The van der Waals surface area contributed by atoms with Crippen molar-refractivity contribution < 1.29 is 4.79 Å². The predicted molar refractivity (Wildman–Crippen MR) is 100 cm³/mol. The summed E-state index contributed by atoms with van der Waals surface area (Å²) >= 11 is 3.42. The largest absolute Gasteiger partial charge is 0.358 e. The molecule has 0 aliphatic heterocycles. The third-order valence-electron chi connectivity index (χ3n) is 4.95. The Bertz CT molecular complexity index is 924. The lowest BCUT2D eigenvalue weighted by molar-refractivity contribution is 0.0949. The van der Waals surface area contributed by atoms with Gasteiger partial charge in [-0.05, 0) is 49.6 Å². The van der Waals surface area contributed by atoms with Crippen LogP contribution in [0.25, 0.3) is 10.9 Å². The highest BCUT2D eigenvalue weighted by molar-refractivity contribution is 9.10. The number of fused-ring (bicyclic) bond motifs is 1. The topological polar surface area (TPSA) is 44.9 Å². The molecule has 2 N–H and O–H groups in total. The SMILES string of the molecule is Cc1[nH]c2ccccc2c1C1(CNC(=O)c2cccc(Br)c2)CC1. The van der Waals surface area contributed by atoms with Crippen LogP contribution in [0.15, 0.2) is 53.0 Å². The molecule has 1 heterocycles. The first-order valence-electron chi connectivity index (χ1n) is 8.21. The second-order valence-corrected chi connectivity index (χ2v) is 7.56. The number of hydrogen-bond donors (Lipinski definition) is 2. The Hall–Kier alpha value is -2.07. The highest BCUT2D eigenvalue weighted by Gasteiger charge is 2.46. The van der Waals surface area contributed by atoms with Gasteiger partial charge in [0.25, 0.3) is 5.91 Å². The number of benzene rings is 2. The number of hydrogen-bond acceptors (Lipinski definition) is 1. The van der Waals surface area contributed by atoms with Gasteiger partial charge in [0.15, 0.2) is 0 Å². The predicted octanol–water partition coefficient (Wildman–Crippen LogP) is 4.70. The summed E-state index contributed by atoms with van der Waals surface area (Å²) in [4.78, 5) is 15.9. The zero-order valence-electron chi connectivity index (χ0n) is 13.5. The normalized spacial score (nSPS) is 15.4. The average Bonchev–Trinajstić information content (AvgIpc) is 3.27. The van der Waals surface area contributed by atoms with Crippen LogP contribution in [-0.4, -0.2) is 17.4 Å². The van der Waals surface area contributed by atoms with Crippen molar-refractivity contribution in [2.75, 3.05) is 6.54 Å². The number of H-pyrrole nitrogens is 1. The summed E-state index contributed by atoms with van der Waals surface area (Å²) in [6.07, 6.45) is 2.24. The summed E-state index contributed by atoms with van der Waals surface area (Å²) in [5.41, 5.74) is 4.52. The molecule has 1 aliphatic rings. The van der Waals surface area contributed by atoms with Gasteiger partial charge in [0.05, 0.1) is 0 Å². The van der Waals surface area contributed by atoms with E-state index < -0.39 is 0 Å². The van der Waals surface area contributed by atoms with Crippen molar-refractivity contribution in [1.29, 1.82) is 0 Å². The quantitative estimate of drug-likeness (QED) is 0.674. The fraction of sp³-hybridized carbons (Fsp3) is 0.250. The standard InChI is InChI=1S/C20H19BrN2O/c1-13-18(16-7-2-3-8-17(16)23-13)20(9-10-20)12-22-19(24)14-5-4-6-15(21)11-14/h2-8,11,23H,9-10,12H2,1H3,(H,22,24). The van der Waals surface area contributed by atoms with E-state index in [9.17, 15) is 4.79 Å². The summed E-state index contributed by atoms with van der Waals surface area (Å²) < 4.78 is 0.920. The number of amides is 1. The molecule has 24 heavy (non-hydrogen) atoms. The Morgan fingerprint density at radius 2 is 2.00 bits per heavy atom. The molecule has 0 unspecified atom stereocenters. The van der Waals surface area contributed by atoms with Crippen molar-refractivity contribution in [2.45, 2.75) is 25.2 Å². The van der Waals surface area contributed by atoms with E-state index in [1.165, 1.54) is 22.2 Å². The molecule has 0 saturated heterocycles. The molecular weight excluding hydrogens is 364 g/mol. The van der Waals surface area contributed by atoms with Crippen LogP contribution in [-0.2, 0) is 5.41 Å². The van der Waals surface area contributed by atoms with Crippen molar-refractivity contribution in [3.63, 3.8) is 0 Å². The minimum Gasteiger partial charge on any atom is -0.358 e. The smallest absolute Gasteiger partial charge is 0.251 e. The molecule has 0 atom stereocenters. The molecule has 2 aromatic carbocycles. The highest BCUT2D eigenvalue weighted by atomic mass is 79.9. The number of nitrogens with one attached hydrogen (secondary N) is 2. The van der Waals surface area contributed by atoms with Gasteiger partial charge in [-0.2, -0.15) is 0 Å². The Kier molecular flexibility index (Phi) is 3.72.